The average Bonchev–Trinajstić information content (AvgIpc) is 3.52. The summed E-state index contributed by atoms with van der Waals surface area (Å²) in [6, 6.07) is 21.7. The molecule has 43 heavy (non-hydrogen) atoms. The number of nitrogens with one attached hydrogen (secondary N) is 1. The number of aromatic nitrogens is 4. The summed E-state index contributed by atoms with van der Waals surface area (Å²) in [6.07, 6.45) is 2.90. The number of ether oxygens (including phenoxy) is 1. The van der Waals surface area contributed by atoms with Crippen molar-refractivity contribution in [3.05, 3.63) is 116 Å². The maximum Gasteiger partial charge on any atom is 0.439 e. The van der Waals surface area contributed by atoms with E-state index in [-0.39, 0.29) is 92.1 Å². The monoisotopic (exact) mass is 610 g/mol. The van der Waals surface area contributed by atoms with Crippen LogP contribution in [0.1, 0.15) is 55.4 Å². The van der Waals surface area contributed by atoms with Crippen molar-refractivity contribution in [3.8, 4) is 34.0 Å². The summed E-state index contributed by atoms with van der Waals surface area (Å²) >= 11 is 0. The van der Waals surface area contributed by atoms with E-state index in [0.717, 1.165) is 64.2 Å². The van der Waals surface area contributed by atoms with E-state index in [9.17, 15) is 9.59 Å². The molecule has 0 fully saturated rings. The second kappa shape index (κ2) is 13.9. The standard InChI is InChI=1S/C33H32N4O4.K.Na/c1-5-8-28-27(31(38)37(20(2)34-28)24-15-16-29-23(18-24)19-33(3,4)40-29)17-21-11-13-22(14-12-21)25-9-6-7-10-26(25)30-35-32(39)41-36-30;;/h6-7,9-16,18H,5,8,17,19H2,1-4H3,(H,35,36,39);;. The predicted octanol–water partition coefficient (Wildman–Crippen LogP) is 5.05. The minimum atomic E-state index is -0.595. The molecule has 3 heterocycles. The van der Waals surface area contributed by atoms with Crippen LogP contribution < -0.4 is 16.1 Å². The zero-order chi connectivity index (χ0) is 28.7. The number of hydrogen-bond donors (Lipinski definition) is 1. The van der Waals surface area contributed by atoms with Gasteiger partial charge in [0.1, 0.15) is 17.2 Å². The van der Waals surface area contributed by atoms with Crippen LogP contribution >= 0.6 is 0 Å². The van der Waals surface area contributed by atoms with Crippen LogP contribution in [-0.2, 0) is 19.3 Å². The van der Waals surface area contributed by atoms with Crippen LogP contribution in [0.15, 0.2) is 80.8 Å². The number of nitrogens with zero attached hydrogens (tertiary/aromatic N) is 3. The van der Waals surface area contributed by atoms with E-state index < -0.39 is 5.76 Å². The molecule has 2 radical (unpaired) electrons. The number of rotatable bonds is 7. The Balaban J connectivity index is 0.00000212. The van der Waals surface area contributed by atoms with Crippen LogP contribution in [-0.4, -0.2) is 106 Å². The number of fused-ring (bicyclic) bond motifs is 1. The minimum absolute atomic E-state index is 0. The summed E-state index contributed by atoms with van der Waals surface area (Å²) in [7, 11) is 0. The van der Waals surface area contributed by atoms with E-state index in [0.29, 0.717) is 23.6 Å². The largest absolute Gasteiger partial charge is 0.487 e. The SMILES string of the molecule is CCCc1nc(C)n(-c2ccc3c(c2)CC(C)(C)O3)c(=O)c1Cc1ccc(-c2ccccc2-c2noc(=O)[nH]2)cc1.[K].[Na]. The Morgan fingerprint density at radius 3 is 2.40 bits per heavy atom. The Morgan fingerprint density at radius 1 is 1.00 bits per heavy atom. The molecule has 0 saturated carbocycles. The van der Waals surface area contributed by atoms with Gasteiger partial charge in [-0.05, 0) is 62.1 Å². The minimum Gasteiger partial charge on any atom is -0.487 e. The van der Waals surface area contributed by atoms with Crippen molar-refractivity contribution in [3.63, 3.8) is 0 Å². The van der Waals surface area contributed by atoms with Gasteiger partial charge in [0.05, 0.1) is 11.4 Å². The van der Waals surface area contributed by atoms with Crippen molar-refractivity contribution < 1.29 is 9.26 Å². The topological polar surface area (TPSA) is 103 Å². The van der Waals surface area contributed by atoms with Gasteiger partial charge in [-0.2, -0.15) is 0 Å². The van der Waals surface area contributed by atoms with Crippen molar-refractivity contribution in [1.29, 1.82) is 0 Å². The molecule has 210 valence electrons. The van der Waals surface area contributed by atoms with E-state index in [2.05, 4.69) is 37.0 Å². The third kappa shape index (κ3) is 7.10. The molecule has 3 aromatic carbocycles. The molecule has 6 rings (SSSR count). The second-order valence-electron chi connectivity index (χ2n) is 11.2. The Kier molecular flexibility index (Phi) is 10.9. The molecule has 10 heteroatoms. The van der Waals surface area contributed by atoms with Gasteiger partial charge in [0, 0.05) is 110 Å². The smallest absolute Gasteiger partial charge is 0.439 e. The number of H-pyrrole nitrogens is 1. The molecule has 0 atom stereocenters. The van der Waals surface area contributed by atoms with Gasteiger partial charge in [0.2, 0.25) is 0 Å². The molecule has 0 amide bonds. The van der Waals surface area contributed by atoms with E-state index in [1.807, 2.05) is 67.6 Å². The Labute approximate surface area is 315 Å². The molecule has 5 aromatic rings. The third-order valence-corrected chi connectivity index (χ3v) is 7.49. The molecule has 0 unspecified atom stereocenters. The summed E-state index contributed by atoms with van der Waals surface area (Å²) < 4.78 is 12.5. The molecule has 0 spiro atoms. The van der Waals surface area contributed by atoms with Gasteiger partial charge in [-0.3, -0.25) is 18.9 Å². The molecule has 0 bridgehead atoms. The van der Waals surface area contributed by atoms with Crippen LogP contribution in [0, 0.1) is 6.92 Å². The maximum absolute atomic E-state index is 14.1. The van der Waals surface area contributed by atoms with Crippen molar-refractivity contribution in [1.82, 2.24) is 19.7 Å². The van der Waals surface area contributed by atoms with E-state index in [4.69, 9.17) is 14.2 Å². The van der Waals surface area contributed by atoms with Crippen LogP contribution in [0.3, 0.4) is 0 Å². The first kappa shape index (κ1) is 33.8. The molecule has 1 aliphatic heterocycles. The summed E-state index contributed by atoms with van der Waals surface area (Å²) in [5, 5.41) is 3.85. The molecular weight excluding hydrogens is 578 g/mol. The fourth-order valence-corrected chi connectivity index (χ4v) is 5.67. The zero-order valence-electron chi connectivity index (χ0n) is 25.7. The average molecular weight is 611 g/mol. The maximum atomic E-state index is 14.1. The normalized spacial score (nSPS) is 13.0. The van der Waals surface area contributed by atoms with Crippen molar-refractivity contribution >= 4 is 80.9 Å². The summed E-state index contributed by atoms with van der Waals surface area (Å²) in [4.78, 5) is 33.1. The molecule has 0 saturated heterocycles. The summed E-state index contributed by atoms with van der Waals surface area (Å²) in [6.45, 7) is 8.14. The first-order chi connectivity index (χ1) is 19.7. The van der Waals surface area contributed by atoms with Crippen LogP contribution in [0.4, 0.5) is 0 Å². The summed E-state index contributed by atoms with van der Waals surface area (Å²) in [5.41, 5.74) is 6.83. The van der Waals surface area contributed by atoms with Crippen molar-refractivity contribution in [2.75, 3.05) is 0 Å². The van der Waals surface area contributed by atoms with E-state index in [1.54, 1.807) is 4.57 Å². The molecule has 2 aromatic heterocycles. The second-order valence-corrected chi connectivity index (χ2v) is 11.2. The van der Waals surface area contributed by atoms with Gasteiger partial charge >= 0.3 is 5.76 Å². The fraction of sp³-hybridized carbons (Fsp3) is 0.273. The van der Waals surface area contributed by atoms with Gasteiger partial charge in [0.15, 0.2) is 5.82 Å². The molecule has 1 N–H and O–H groups in total. The number of aryl methyl sites for hydroxylation is 2. The number of benzene rings is 3. The first-order valence-corrected chi connectivity index (χ1v) is 13.9. The Bertz CT molecular complexity index is 1880. The van der Waals surface area contributed by atoms with Gasteiger partial charge in [-0.15, -0.1) is 0 Å². The molecular formula is C33H32KN4NaO4. The van der Waals surface area contributed by atoms with Gasteiger partial charge < -0.3 is 4.74 Å². The van der Waals surface area contributed by atoms with Crippen molar-refractivity contribution in [2.45, 2.75) is 59.0 Å². The van der Waals surface area contributed by atoms with E-state index >= 15 is 0 Å². The molecule has 0 aliphatic carbocycles. The molecule has 8 nitrogen and oxygen atoms in total. The zero-order valence-corrected chi connectivity index (χ0v) is 30.8. The van der Waals surface area contributed by atoms with E-state index in [1.165, 1.54) is 0 Å². The predicted molar refractivity (Wildman–Crippen MR) is 169 cm³/mol. The van der Waals surface area contributed by atoms with Crippen LogP contribution in [0.5, 0.6) is 5.75 Å². The number of hydrogen-bond acceptors (Lipinski definition) is 6. The van der Waals surface area contributed by atoms with Gasteiger partial charge in [-0.25, -0.2) is 9.78 Å². The third-order valence-electron chi connectivity index (χ3n) is 7.49. The van der Waals surface area contributed by atoms with Crippen molar-refractivity contribution in [2.24, 2.45) is 0 Å². The summed E-state index contributed by atoms with van der Waals surface area (Å²) in [5.74, 6) is 1.34. The first-order valence-electron chi connectivity index (χ1n) is 13.9. The Hall–Kier alpha value is -2.08. The molecule has 1 aliphatic rings. The van der Waals surface area contributed by atoms with Gasteiger partial charge in [0.25, 0.3) is 5.56 Å². The quantitative estimate of drug-likeness (QED) is 0.259. The Morgan fingerprint density at radius 2 is 1.72 bits per heavy atom. The van der Waals surface area contributed by atoms with Crippen LogP contribution in [0.25, 0.3) is 28.2 Å². The van der Waals surface area contributed by atoms with Gasteiger partial charge in [-0.1, -0.05) is 67.0 Å². The van der Waals surface area contributed by atoms with Crippen LogP contribution in [0.2, 0.25) is 0 Å². The number of aromatic amines is 1. The fourth-order valence-electron chi connectivity index (χ4n) is 5.67.